The van der Waals surface area contributed by atoms with Gasteiger partial charge in [0, 0.05) is 13.1 Å². The third kappa shape index (κ3) is 4.47. The molecule has 0 saturated heterocycles. The standard InChI is InChI=1S/C13H21N3/c1-11(6-7-14)9-16-10-13-4-2-12(8-15)3-5-13/h2-5,9,16H,6-8,10,14-15H2,1H3/b11-9-. The monoisotopic (exact) mass is 219 g/mol. The first-order valence-corrected chi connectivity index (χ1v) is 5.63. The quantitative estimate of drug-likeness (QED) is 0.679. The minimum atomic E-state index is 0.600. The fraction of sp³-hybridized carbons (Fsp3) is 0.385. The van der Waals surface area contributed by atoms with Crippen molar-refractivity contribution in [3.63, 3.8) is 0 Å². The SMILES string of the molecule is C/C(=C/NCc1ccc(CN)cc1)CCN. The number of hydrogen-bond acceptors (Lipinski definition) is 3. The highest BCUT2D eigenvalue weighted by Crippen LogP contribution is 2.03. The van der Waals surface area contributed by atoms with Crippen LogP contribution in [0, 0.1) is 0 Å². The normalized spacial score (nSPS) is 11.6. The van der Waals surface area contributed by atoms with E-state index in [2.05, 4.69) is 36.5 Å². The summed E-state index contributed by atoms with van der Waals surface area (Å²) in [5.41, 5.74) is 14.7. The summed E-state index contributed by atoms with van der Waals surface area (Å²) in [6, 6.07) is 8.32. The lowest BCUT2D eigenvalue weighted by Crippen LogP contribution is -2.07. The number of nitrogens with one attached hydrogen (secondary N) is 1. The lowest BCUT2D eigenvalue weighted by Gasteiger charge is -2.04. The van der Waals surface area contributed by atoms with Gasteiger partial charge in [-0.15, -0.1) is 0 Å². The topological polar surface area (TPSA) is 64.1 Å². The van der Waals surface area contributed by atoms with Gasteiger partial charge in [-0.2, -0.15) is 0 Å². The second-order valence-electron chi connectivity index (χ2n) is 3.93. The van der Waals surface area contributed by atoms with Crippen LogP contribution in [0.2, 0.25) is 0 Å². The van der Waals surface area contributed by atoms with E-state index in [0.29, 0.717) is 13.1 Å². The highest BCUT2D eigenvalue weighted by molar-refractivity contribution is 5.22. The van der Waals surface area contributed by atoms with Gasteiger partial charge in [-0.05, 0) is 37.2 Å². The Morgan fingerprint density at radius 3 is 2.38 bits per heavy atom. The maximum Gasteiger partial charge on any atom is 0.0395 e. The Bertz CT molecular complexity index is 328. The Labute approximate surface area is 97.5 Å². The molecule has 0 amide bonds. The van der Waals surface area contributed by atoms with Gasteiger partial charge in [0.1, 0.15) is 0 Å². The van der Waals surface area contributed by atoms with E-state index in [1.807, 2.05) is 6.20 Å². The Morgan fingerprint density at radius 1 is 1.19 bits per heavy atom. The predicted octanol–water partition coefficient (Wildman–Crippen LogP) is 1.49. The average molecular weight is 219 g/mol. The van der Waals surface area contributed by atoms with E-state index in [0.717, 1.165) is 13.0 Å². The lowest BCUT2D eigenvalue weighted by atomic mass is 10.1. The molecule has 3 heteroatoms. The zero-order chi connectivity index (χ0) is 11.8. The van der Waals surface area contributed by atoms with Crippen molar-refractivity contribution in [2.45, 2.75) is 26.4 Å². The smallest absolute Gasteiger partial charge is 0.0395 e. The molecule has 0 aromatic heterocycles. The molecule has 0 unspecified atom stereocenters. The van der Waals surface area contributed by atoms with Crippen molar-refractivity contribution < 1.29 is 0 Å². The largest absolute Gasteiger partial charge is 0.387 e. The first-order chi connectivity index (χ1) is 7.76. The molecular formula is C13H21N3. The molecule has 0 heterocycles. The summed E-state index contributed by atoms with van der Waals surface area (Å²) in [5.74, 6) is 0. The average Bonchev–Trinajstić information content (AvgIpc) is 2.30. The minimum Gasteiger partial charge on any atom is -0.387 e. The van der Waals surface area contributed by atoms with Crippen molar-refractivity contribution in [3.05, 3.63) is 47.2 Å². The fourth-order valence-electron chi connectivity index (χ4n) is 1.44. The first-order valence-electron chi connectivity index (χ1n) is 5.63. The van der Waals surface area contributed by atoms with E-state index in [9.17, 15) is 0 Å². The molecule has 0 bridgehead atoms. The zero-order valence-electron chi connectivity index (χ0n) is 9.87. The van der Waals surface area contributed by atoms with Gasteiger partial charge in [-0.25, -0.2) is 0 Å². The molecule has 0 fully saturated rings. The van der Waals surface area contributed by atoms with Gasteiger partial charge in [0.15, 0.2) is 0 Å². The van der Waals surface area contributed by atoms with E-state index in [1.54, 1.807) is 0 Å². The highest BCUT2D eigenvalue weighted by Gasteiger charge is 1.92. The predicted molar refractivity (Wildman–Crippen MR) is 68.6 cm³/mol. The summed E-state index contributed by atoms with van der Waals surface area (Å²) in [6.45, 7) is 4.22. The summed E-state index contributed by atoms with van der Waals surface area (Å²) in [4.78, 5) is 0. The molecule has 0 aliphatic rings. The first kappa shape index (κ1) is 12.7. The van der Waals surface area contributed by atoms with Crippen LogP contribution >= 0.6 is 0 Å². The number of benzene rings is 1. The van der Waals surface area contributed by atoms with Crippen LogP contribution in [0.15, 0.2) is 36.0 Å². The Hall–Kier alpha value is -1.32. The van der Waals surface area contributed by atoms with Crippen molar-refractivity contribution in [2.24, 2.45) is 11.5 Å². The van der Waals surface area contributed by atoms with Gasteiger partial charge >= 0.3 is 0 Å². The van der Waals surface area contributed by atoms with E-state index < -0.39 is 0 Å². The van der Waals surface area contributed by atoms with E-state index in [1.165, 1.54) is 16.7 Å². The molecule has 0 aliphatic heterocycles. The number of nitrogens with two attached hydrogens (primary N) is 2. The molecule has 0 saturated carbocycles. The van der Waals surface area contributed by atoms with Crippen LogP contribution in [0.4, 0.5) is 0 Å². The molecule has 1 rings (SSSR count). The third-order valence-corrected chi connectivity index (χ3v) is 2.45. The zero-order valence-corrected chi connectivity index (χ0v) is 9.87. The lowest BCUT2D eigenvalue weighted by molar-refractivity contribution is 0.839. The van der Waals surface area contributed by atoms with Crippen molar-refractivity contribution >= 4 is 0 Å². The summed E-state index contributed by atoms with van der Waals surface area (Å²) < 4.78 is 0. The summed E-state index contributed by atoms with van der Waals surface area (Å²) in [5, 5.41) is 3.27. The van der Waals surface area contributed by atoms with E-state index in [4.69, 9.17) is 11.5 Å². The van der Waals surface area contributed by atoms with Crippen molar-refractivity contribution in [2.75, 3.05) is 6.54 Å². The molecule has 88 valence electrons. The Balaban J connectivity index is 2.39. The van der Waals surface area contributed by atoms with Crippen LogP contribution in [0.3, 0.4) is 0 Å². The Kier molecular flexibility index (Phi) is 5.61. The van der Waals surface area contributed by atoms with Gasteiger partial charge in [0.2, 0.25) is 0 Å². The van der Waals surface area contributed by atoms with Gasteiger partial charge in [0.05, 0.1) is 0 Å². The second kappa shape index (κ2) is 7.04. The molecule has 16 heavy (non-hydrogen) atoms. The van der Waals surface area contributed by atoms with Crippen LogP contribution in [-0.4, -0.2) is 6.54 Å². The molecule has 0 aliphatic carbocycles. The van der Waals surface area contributed by atoms with Crippen molar-refractivity contribution in [1.29, 1.82) is 0 Å². The van der Waals surface area contributed by atoms with Crippen molar-refractivity contribution in [3.8, 4) is 0 Å². The Morgan fingerprint density at radius 2 is 1.81 bits per heavy atom. The molecule has 0 spiro atoms. The molecule has 0 radical (unpaired) electrons. The van der Waals surface area contributed by atoms with Crippen LogP contribution < -0.4 is 16.8 Å². The molecule has 3 nitrogen and oxygen atoms in total. The maximum atomic E-state index is 5.54. The van der Waals surface area contributed by atoms with Crippen LogP contribution in [-0.2, 0) is 13.1 Å². The van der Waals surface area contributed by atoms with Crippen molar-refractivity contribution in [1.82, 2.24) is 5.32 Å². The molecule has 5 N–H and O–H groups in total. The minimum absolute atomic E-state index is 0.600. The molecule has 1 aromatic carbocycles. The van der Waals surface area contributed by atoms with Gasteiger partial charge < -0.3 is 16.8 Å². The van der Waals surface area contributed by atoms with Crippen LogP contribution in [0.1, 0.15) is 24.5 Å². The molecule has 1 aromatic rings. The third-order valence-electron chi connectivity index (χ3n) is 2.45. The van der Waals surface area contributed by atoms with E-state index in [-0.39, 0.29) is 0 Å². The van der Waals surface area contributed by atoms with Gasteiger partial charge in [-0.1, -0.05) is 29.8 Å². The van der Waals surface area contributed by atoms with Gasteiger partial charge in [0.25, 0.3) is 0 Å². The maximum absolute atomic E-state index is 5.54. The summed E-state index contributed by atoms with van der Waals surface area (Å²) in [7, 11) is 0. The highest BCUT2D eigenvalue weighted by atomic mass is 14.8. The van der Waals surface area contributed by atoms with Crippen LogP contribution in [0.25, 0.3) is 0 Å². The van der Waals surface area contributed by atoms with Gasteiger partial charge in [-0.3, -0.25) is 0 Å². The number of hydrogen-bond donors (Lipinski definition) is 3. The fourth-order valence-corrected chi connectivity index (χ4v) is 1.44. The van der Waals surface area contributed by atoms with E-state index >= 15 is 0 Å². The number of rotatable bonds is 6. The molecular weight excluding hydrogens is 198 g/mol. The summed E-state index contributed by atoms with van der Waals surface area (Å²) >= 11 is 0. The van der Waals surface area contributed by atoms with Crippen LogP contribution in [0.5, 0.6) is 0 Å². The second-order valence-corrected chi connectivity index (χ2v) is 3.93. The summed E-state index contributed by atoms with van der Waals surface area (Å²) in [6.07, 6.45) is 2.98. The molecule has 0 atom stereocenters.